The molecule has 1 aromatic rings. The van der Waals surface area contributed by atoms with E-state index in [0.29, 0.717) is 19.6 Å². The molecule has 1 amide bonds. The van der Waals surface area contributed by atoms with E-state index in [-0.39, 0.29) is 32.5 Å². The molecule has 5 nitrogen and oxygen atoms in total. The number of nitrogens with zero attached hydrogens (tertiary/aromatic N) is 1. The lowest BCUT2D eigenvalue weighted by atomic mass is 10.1. The van der Waals surface area contributed by atoms with Crippen molar-refractivity contribution in [3.05, 3.63) is 27.7 Å². The maximum Gasteiger partial charge on any atom is 0.255 e. The van der Waals surface area contributed by atoms with Crippen LogP contribution in [0.5, 0.6) is 0 Å². The van der Waals surface area contributed by atoms with Gasteiger partial charge in [0, 0.05) is 31.9 Å². The first-order valence-electron chi connectivity index (χ1n) is 6.42. The van der Waals surface area contributed by atoms with Gasteiger partial charge in [0.25, 0.3) is 5.91 Å². The highest BCUT2D eigenvalue weighted by atomic mass is 35.5. The first-order valence-corrected chi connectivity index (χ1v) is 9.07. The van der Waals surface area contributed by atoms with Gasteiger partial charge in [0.05, 0.1) is 20.5 Å². The summed E-state index contributed by atoms with van der Waals surface area (Å²) in [4.78, 5) is 14.2. The Hall–Kier alpha value is -0.820. The van der Waals surface area contributed by atoms with Crippen LogP contribution in [-0.4, -0.2) is 51.2 Å². The summed E-state index contributed by atoms with van der Waals surface area (Å²) in [7, 11) is -3.52. The van der Waals surface area contributed by atoms with Gasteiger partial charge >= 0.3 is 0 Å². The van der Waals surface area contributed by atoms with Crippen molar-refractivity contribution in [2.45, 2.75) is 17.9 Å². The lowest BCUT2D eigenvalue weighted by Crippen LogP contribution is -2.52. The van der Waals surface area contributed by atoms with Gasteiger partial charge in [-0.3, -0.25) is 4.79 Å². The second-order valence-electron chi connectivity index (χ2n) is 5.09. The number of hydrogen-bond donors (Lipinski definition) is 1. The molecule has 2 rings (SSSR count). The molecule has 1 heterocycles. The Balaban J connectivity index is 2.46. The zero-order valence-electron chi connectivity index (χ0n) is 11.7. The van der Waals surface area contributed by atoms with E-state index >= 15 is 0 Å². The van der Waals surface area contributed by atoms with Crippen LogP contribution in [0.3, 0.4) is 0 Å². The van der Waals surface area contributed by atoms with Crippen molar-refractivity contribution in [1.29, 1.82) is 0 Å². The third kappa shape index (κ3) is 3.51. The minimum absolute atomic E-state index is 0.0136. The number of halogens is 2. The standard InChI is InChI=1S/C13H16Cl2N2O3S/c1-8-7-16-3-4-17(8)13(18)9-5-12(21(2,19)20)11(15)6-10(9)14/h5-6,8,16H,3-4,7H2,1-2H3/t8-/m1/s1. The third-order valence-electron chi connectivity index (χ3n) is 3.41. The van der Waals surface area contributed by atoms with Crippen molar-refractivity contribution in [2.24, 2.45) is 0 Å². The average molecular weight is 351 g/mol. The highest BCUT2D eigenvalue weighted by molar-refractivity contribution is 7.90. The van der Waals surface area contributed by atoms with Gasteiger partial charge in [0.1, 0.15) is 0 Å². The molecule has 0 saturated carbocycles. The number of hydrogen-bond acceptors (Lipinski definition) is 4. The second-order valence-corrected chi connectivity index (χ2v) is 7.88. The highest BCUT2D eigenvalue weighted by Gasteiger charge is 2.27. The van der Waals surface area contributed by atoms with E-state index < -0.39 is 9.84 Å². The number of amides is 1. The summed E-state index contributed by atoms with van der Waals surface area (Å²) in [5, 5.41) is 3.36. The van der Waals surface area contributed by atoms with Gasteiger partial charge in [-0.05, 0) is 19.1 Å². The molecule has 1 aliphatic heterocycles. The Morgan fingerprint density at radius 2 is 2.00 bits per heavy atom. The van der Waals surface area contributed by atoms with Crippen LogP contribution in [0, 0.1) is 0 Å². The highest BCUT2D eigenvalue weighted by Crippen LogP contribution is 2.29. The lowest BCUT2D eigenvalue weighted by Gasteiger charge is -2.34. The molecule has 116 valence electrons. The second kappa shape index (κ2) is 6.12. The molecular formula is C13H16Cl2N2O3S. The zero-order chi connectivity index (χ0) is 15.8. The molecule has 1 fully saturated rings. The maximum atomic E-state index is 12.6. The molecule has 1 aromatic carbocycles. The average Bonchev–Trinajstić information content (AvgIpc) is 2.37. The number of rotatable bonds is 2. The van der Waals surface area contributed by atoms with Gasteiger partial charge in [0.15, 0.2) is 9.84 Å². The molecule has 1 aliphatic rings. The Bertz CT molecular complexity index is 676. The number of nitrogens with one attached hydrogen (secondary N) is 1. The van der Waals surface area contributed by atoms with Crippen molar-refractivity contribution in [1.82, 2.24) is 10.2 Å². The van der Waals surface area contributed by atoms with Crippen LogP contribution in [0.15, 0.2) is 17.0 Å². The van der Waals surface area contributed by atoms with Gasteiger partial charge in [-0.15, -0.1) is 0 Å². The van der Waals surface area contributed by atoms with Gasteiger partial charge in [0.2, 0.25) is 0 Å². The molecular weight excluding hydrogens is 335 g/mol. The first-order chi connectivity index (χ1) is 9.71. The zero-order valence-corrected chi connectivity index (χ0v) is 14.0. The maximum absolute atomic E-state index is 12.6. The minimum Gasteiger partial charge on any atom is -0.333 e. The predicted molar refractivity (Wildman–Crippen MR) is 82.9 cm³/mol. The molecule has 1 N–H and O–H groups in total. The van der Waals surface area contributed by atoms with Crippen LogP contribution < -0.4 is 5.32 Å². The van der Waals surface area contributed by atoms with Crippen LogP contribution in [0.1, 0.15) is 17.3 Å². The van der Waals surface area contributed by atoms with E-state index in [1.807, 2.05) is 6.92 Å². The number of benzene rings is 1. The van der Waals surface area contributed by atoms with Crippen LogP contribution in [0.2, 0.25) is 10.0 Å². The lowest BCUT2D eigenvalue weighted by molar-refractivity contribution is 0.0655. The number of sulfone groups is 1. The molecule has 1 saturated heterocycles. The molecule has 0 aliphatic carbocycles. The van der Waals surface area contributed by atoms with E-state index in [4.69, 9.17) is 23.2 Å². The van der Waals surface area contributed by atoms with E-state index in [0.717, 1.165) is 6.26 Å². The van der Waals surface area contributed by atoms with Gasteiger partial charge in [-0.2, -0.15) is 0 Å². The summed E-state index contributed by atoms with van der Waals surface area (Å²) >= 11 is 12.0. The van der Waals surface area contributed by atoms with Crippen molar-refractivity contribution >= 4 is 38.9 Å². The molecule has 1 atom stereocenters. The van der Waals surface area contributed by atoms with Crippen molar-refractivity contribution in [3.63, 3.8) is 0 Å². The Morgan fingerprint density at radius 3 is 2.57 bits per heavy atom. The monoisotopic (exact) mass is 350 g/mol. The Kier molecular flexibility index (Phi) is 4.82. The molecule has 21 heavy (non-hydrogen) atoms. The normalized spacial score (nSPS) is 19.6. The third-order valence-corrected chi connectivity index (χ3v) is 5.29. The molecule has 0 bridgehead atoms. The number of piperazine rings is 1. The van der Waals surface area contributed by atoms with Crippen molar-refractivity contribution in [3.8, 4) is 0 Å². The smallest absolute Gasteiger partial charge is 0.255 e. The summed E-state index contributed by atoms with van der Waals surface area (Å²) in [5.74, 6) is -0.282. The van der Waals surface area contributed by atoms with Crippen LogP contribution in [0.25, 0.3) is 0 Å². The SMILES string of the molecule is C[C@@H]1CNCCN1C(=O)c1cc(S(C)(=O)=O)c(Cl)cc1Cl. The molecule has 8 heteroatoms. The molecule has 0 aromatic heterocycles. The largest absolute Gasteiger partial charge is 0.333 e. The summed E-state index contributed by atoms with van der Waals surface area (Å²) in [6.07, 6.45) is 1.05. The van der Waals surface area contributed by atoms with E-state index in [2.05, 4.69) is 5.32 Å². The fourth-order valence-electron chi connectivity index (χ4n) is 2.27. The molecule has 0 unspecified atom stereocenters. The van der Waals surface area contributed by atoms with E-state index in [9.17, 15) is 13.2 Å². The molecule has 0 radical (unpaired) electrons. The summed E-state index contributed by atoms with van der Waals surface area (Å²) in [6, 6.07) is 2.58. The summed E-state index contributed by atoms with van der Waals surface area (Å²) in [6.45, 7) is 3.86. The van der Waals surface area contributed by atoms with Crippen LogP contribution in [-0.2, 0) is 9.84 Å². The number of carbonyl (C=O) groups is 1. The minimum atomic E-state index is -3.52. The Morgan fingerprint density at radius 1 is 1.33 bits per heavy atom. The fourth-order valence-corrected chi connectivity index (χ4v) is 3.90. The van der Waals surface area contributed by atoms with Gasteiger partial charge < -0.3 is 10.2 Å². The van der Waals surface area contributed by atoms with Gasteiger partial charge in [-0.1, -0.05) is 23.2 Å². The van der Waals surface area contributed by atoms with Crippen LogP contribution >= 0.6 is 23.2 Å². The van der Waals surface area contributed by atoms with Crippen molar-refractivity contribution in [2.75, 3.05) is 25.9 Å². The molecule has 0 spiro atoms. The van der Waals surface area contributed by atoms with E-state index in [1.165, 1.54) is 12.1 Å². The fraction of sp³-hybridized carbons (Fsp3) is 0.462. The van der Waals surface area contributed by atoms with Crippen LogP contribution in [0.4, 0.5) is 0 Å². The quantitative estimate of drug-likeness (QED) is 0.883. The topological polar surface area (TPSA) is 66.5 Å². The van der Waals surface area contributed by atoms with E-state index in [1.54, 1.807) is 4.90 Å². The van der Waals surface area contributed by atoms with Crippen molar-refractivity contribution < 1.29 is 13.2 Å². The summed E-state index contributed by atoms with van der Waals surface area (Å²) < 4.78 is 23.4. The Labute approximate surface area is 134 Å². The van der Waals surface area contributed by atoms with Gasteiger partial charge in [-0.25, -0.2) is 8.42 Å². The first kappa shape index (κ1) is 16.5. The number of carbonyl (C=O) groups excluding carboxylic acids is 1. The summed E-state index contributed by atoms with van der Waals surface area (Å²) in [5.41, 5.74) is 0.162. The predicted octanol–water partition coefficient (Wildman–Crippen LogP) is 1.83.